The van der Waals surface area contributed by atoms with Crippen molar-refractivity contribution in [3.8, 4) is 0 Å². The summed E-state index contributed by atoms with van der Waals surface area (Å²) >= 11 is 1.76. The Bertz CT molecular complexity index is 266. The molecule has 0 bridgehead atoms. The second-order valence-corrected chi connectivity index (χ2v) is 4.06. The Hall–Kier alpha value is -0.660. The van der Waals surface area contributed by atoms with E-state index in [1.807, 2.05) is 0 Å². The molecule has 1 heterocycles. The molecule has 0 radical (unpaired) electrons. The molecule has 4 amide bonds. The summed E-state index contributed by atoms with van der Waals surface area (Å²) in [5, 5.41) is 0. The lowest BCUT2D eigenvalue weighted by molar-refractivity contribution is -0.140. The van der Waals surface area contributed by atoms with Gasteiger partial charge in [-0.05, 0) is 13.8 Å². The van der Waals surface area contributed by atoms with Gasteiger partial charge in [-0.2, -0.15) is 0 Å². The number of rotatable bonds is 2. The van der Waals surface area contributed by atoms with Gasteiger partial charge in [-0.25, -0.2) is 4.79 Å². The van der Waals surface area contributed by atoms with Gasteiger partial charge in [0, 0.05) is 13.1 Å². The molecule has 14 heavy (non-hydrogen) atoms. The summed E-state index contributed by atoms with van der Waals surface area (Å²) in [4.78, 5) is 36.7. The highest BCUT2D eigenvalue weighted by atomic mass is 127. The van der Waals surface area contributed by atoms with Gasteiger partial charge < -0.3 is 0 Å². The van der Waals surface area contributed by atoms with Crippen LogP contribution in [0.2, 0.25) is 0 Å². The molecule has 6 heteroatoms. The number of hydrogen-bond donors (Lipinski definition) is 0. The van der Waals surface area contributed by atoms with Crippen molar-refractivity contribution < 1.29 is 14.4 Å². The zero-order valence-electron chi connectivity index (χ0n) is 7.99. The van der Waals surface area contributed by atoms with Gasteiger partial charge in [0.1, 0.15) is 0 Å². The predicted molar refractivity (Wildman–Crippen MR) is 58.0 cm³/mol. The van der Waals surface area contributed by atoms with E-state index < -0.39 is 21.8 Å². The minimum absolute atomic E-state index is 0.306. The van der Waals surface area contributed by atoms with Crippen molar-refractivity contribution in [2.45, 2.75) is 17.8 Å². The second-order valence-electron chi connectivity index (χ2n) is 2.81. The summed E-state index contributed by atoms with van der Waals surface area (Å²) in [6.07, 6.45) is 0. The van der Waals surface area contributed by atoms with Gasteiger partial charge in [0.15, 0.2) is 3.92 Å². The minimum Gasteiger partial charge on any atom is -0.273 e. The van der Waals surface area contributed by atoms with Crippen molar-refractivity contribution in [3.63, 3.8) is 0 Å². The maximum Gasteiger partial charge on any atom is 0.333 e. The van der Waals surface area contributed by atoms with Crippen molar-refractivity contribution in [2.24, 2.45) is 0 Å². The highest BCUT2D eigenvalue weighted by Crippen LogP contribution is 2.18. The smallest absolute Gasteiger partial charge is 0.273 e. The van der Waals surface area contributed by atoms with Gasteiger partial charge in [-0.1, -0.05) is 22.6 Å². The topological polar surface area (TPSA) is 57.7 Å². The van der Waals surface area contributed by atoms with Crippen molar-refractivity contribution in [3.05, 3.63) is 0 Å². The number of urea groups is 1. The molecule has 0 saturated carbocycles. The molecule has 1 rings (SSSR count). The molecule has 1 aliphatic heterocycles. The van der Waals surface area contributed by atoms with Gasteiger partial charge in [-0.15, -0.1) is 0 Å². The van der Waals surface area contributed by atoms with Gasteiger partial charge >= 0.3 is 6.03 Å². The molecule has 0 aromatic heterocycles. The standard InChI is InChI=1S/C8H11IN2O3/c1-3-10-6(12)5(9)7(13)11(4-2)8(10)14/h5H,3-4H2,1-2H3. The lowest BCUT2D eigenvalue weighted by Gasteiger charge is -2.33. The molecule has 0 unspecified atom stereocenters. The molecule has 1 aliphatic rings. The maximum atomic E-state index is 11.6. The highest BCUT2D eigenvalue weighted by Gasteiger charge is 2.42. The first-order valence-corrected chi connectivity index (χ1v) is 5.59. The first kappa shape index (κ1) is 11.4. The monoisotopic (exact) mass is 310 g/mol. The lowest BCUT2D eigenvalue weighted by Crippen LogP contribution is -2.60. The van der Waals surface area contributed by atoms with Crippen LogP contribution in [0.4, 0.5) is 4.79 Å². The van der Waals surface area contributed by atoms with E-state index in [9.17, 15) is 14.4 Å². The van der Waals surface area contributed by atoms with Gasteiger partial charge in [0.05, 0.1) is 0 Å². The maximum absolute atomic E-state index is 11.6. The summed E-state index contributed by atoms with van der Waals surface area (Å²) in [5.41, 5.74) is 0. The molecule has 0 aliphatic carbocycles. The van der Waals surface area contributed by atoms with E-state index in [2.05, 4.69) is 0 Å². The number of carbonyl (C=O) groups is 3. The Morgan fingerprint density at radius 3 is 1.71 bits per heavy atom. The van der Waals surface area contributed by atoms with E-state index in [0.717, 1.165) is 9.80 Å². The van der Waals surface area contributed by atoms with Crippen LogP contribution in [0.15, 0.2) is 0 Å². The Labute approximate surface area is 95.6 Å². The van der Waals surface area contributed by atoms with E-state index in [1.165, 1.54) is 0 Å². The summed E-state index contributed by atoms with van der Waals surface area (Å²) in [7, 11) is 0. The predicted octanol–water partition coefficient (Wildman–Crippen LogP) is 0.621. The third kappa shape index (κ3) is 1.62. The summed E-state index contributed by atoms with van der Waals surface area (Å²) < 4.78 is -0.759. The number of nitrogens with zero attached hydrogens (tertiary/aromatic N) is 2. The van der Waals surface area contributed by atoms with E-state index in [0.29, 0.717) is 13.1 Å². The molecule has 0 aromatic rings. The third-order valence-corrected chi connectivity index (χ3v) is 3.13. The number of amides is 4. The largest absolute Gasteiger partial charge is 0.333 e. The number of carbonyl (C=O) groups excluding carboxylic acids is 3. The number of barbiturate groups is 1. The first-order valence-electron chi connectivity index (χ1n) is 4.35. The Morgan fingerprint density at radius 1 is 1.07 bits per heavy atom. The SMILES string of the molecule is CCN1C(=O)C(I)C(=O)N(CC)C1=O. The second kappa shape index (κ2) is 4.24. The molecular weight excluding hydrogens is 299 g/mol. The molecule has 1 fully saturated rings. The van der Waals surface area contributed by atoms with E-state index in [1.54, 1.807) is 36.4 Å². The lowest BCUT2D eigenvalue weighted by atomic mass is 10.2. The fraction of sp³-hybridized carbons (Fsp3) is 0.625. The first-order chi connectivity index (χ1) is 6.54. The Morgan fingerprint density at radius 2 is 1.43 bits per heavy atom. The van der Waals surface area contributed by atoms with E-state index in [-0.39, 0.29) is 0 Å². The van der Waals surface area contributed by atoms with E-state index in [4.69, 9.17) is 0 Å². The van der Waals surface area contributed by atoms with Crippen LogP contribution in [0.5, 0.6) is 0 Å². The Kier molecular flexibility index (Phi) is 3.46. The van der Waals surface area contributed by atoms with Crippen LogP contribution in [0.25, 0.3) is 0 Å². The van der Waals surface area contributed by atoms with Crippen molar-refractivity contribution in [2.75, 3.05) is 13.1 Å². The Balaban J connectivity index is 3.00. The van der Waals surface area contributed by atoms with Crippen LogP contribution < -0.4 is 0 Å². The molecule has 1 saturated heterocycles. The van der Waals surface area contributed by atoms with E-state index >= 15 is 0 Å². The fourth-order valence-electron chi connectivity index (χ4n) is 1.30. The molecule has 0 N–H and O–H groups in total. The molecule has 0 spiro atoms. The van der Waals surface area contributed by atoms with Gasteiger partial charge in [0.25, 0.3) is 11.8 Å². The number of hydrogen-bond acceptors (Lipinski definition) is 3. The van der Waals surface area contributed by atoms with Crippen molar-refractivity contribution in [1.82, 2.24) is 9.80 Å². The van der Waals surface area contributed by atoms with Crippen molar-refractivity contribution >= 4 is 40.4 Å². The summed E-state index contributed by atoms with van der Waals surface area (Å²) in [6, 6.07) is -0.502. The zero-order chi connectivity index (χ0) is 10.9. The zero-order valence-corrected chi connectivity index (χ0v) is 10.1. The van der Waals surface area contributed by atoms with Crippen LogP contribution >= 0.6 is 22.6 Å². The van der Waals surface area contributed by atoms with Gasteiger partial charge in [0.2, 0.25) is 0 Å². The molecule has 0 atom stereocenters. The van der Waals surface area contributed by atoms with Crippen LogP contribution in [-0.4, -0.2) is 44.7 Å². The van der Waals surface area contributed by atoms with Crippen LogP contribution in [0, 0.1) is 0 Å². The molecular formula is C8H11IN2O3. The van der Waals surface area contributed by atoms with Gasteiger partial charge in [-0.3, -0.25) is 19.4 Å². The highest BCUT2D eigenvalue weighted by molar-refractivity contribution is 14.1. The van der Waals surface area contributed by atoms with Crippen LogP contribution in [0.1, 0.15) is 13.8 Å². The normalized spacial score (nSPS) is 19.5. The molecule has 5 nitrogen and oxygen atoms in total. The summed E-state index contributed by atoms with van der Waals surface area (Å²) in [6.45, 7) is 4.04. The number of alkyl halides is 1. The summed E-state index contributed by atoms with van der Waals surface area (Å²) in [5.74, 6) is -0.819. The van der Waals surface area contributed by atoms with Crippen LogP contribution in [0.3, 0.4) is 0 Å². The molecule has 78 valence electrons. The third-order valence-electron chi connectivity index (χ3n) is 2.06. The van der Waals surface area contributed by atoms with Crippen LogP contribution in [-0.2, 0) is 9.59 Å². The average molecular weight is 310 g/mol. The number of imide groups is 2. The average Bonchev–Trinajstić information content (AvgIpc) is 2.16. The van der Waals surface area contributed by atoms with Crippen molar-refractivity contribution in [1.29, 1.82) is 0 Å². The fourth-order valence-corrected chi connectivity index (χ4v) is 1.97. The minimum atomic E-state index is -0.759. The quantitative estimate of drug-likeness (QED) is 0.427. The molecule has 0 aromatic carbocycles. The number of halogens is 1.